The molecule has 4 aliphatic carbocycles. The molecule has 0 aliphatic heterocycles. The minimum Gasteiger partial charge on any atom is -0.356 e. The van der Waals surface area contributed by atoms with Crippen LogP contribution in [0.2, 0.25) is 0 Å². The lowest BCUT2D eigenvalue weighted by molar-refractivity contribution is 0.585. The lowest BCUT2D eigenvalue weighted by Gasteiger charge is -2.37. The van der Waals surface area contributed by atoms with Gasteiger partial charge in [-0.3, -0.25) is 0 Å². The molecule has 0 heterocycles. The van der Waals surface area contributed by atoms with Crippen LogP contribution in [0.25, 0.3) is 46.6 Å². The number of benzene rings is 12. The zero-order valence-corrected chi connectivity index (χ0v) is 63.7. The van der Waals surface area contributed by atoms with Gasteiger partial charge in [0, 0.05) is 30.7 Å². The average molecular weight is 1480 g/mol. The second kappa shape index (κ2) is 26.1. The van der Waals surface area contributed by atoms with Gasteiger partial charge in [0.1, 0.15) is 0 Å². The summed E-state index contributed by atoms with van der Waals surface area (Å²) in [5.41, 5.74) is 31.9. The second-order valence-corrected chi connectivity index (χ2v) is 34.1. The van der Waals surface area contributed by atoms with E-state index in [9.17, 15) is 0 Å². The van der Waals surface area contributed by atoms with Crippen LogP contribution >= 0.6 is 47.8 Å². The Morgan fingerprint density at radius 3 is 0.798 bits per heavy atom. The summed E-state index contributed by atoms with van der Waals surface area (Å²) in [5.74, 6) is 0.0983. The van der Waals surface area contributed by atoms with Gasteiger partial charge >= 0.3 is 0 Å². The summed E-state index contributed by atoms with van der Waals surface area (Å²) in [4.78, 5) is 0. The number of fused-ring (bicyclic) bond motifs is 18. The van der Waals surface area contributed by atoms with Gasteiger partial charge in [0.2, 0.25) is 0 Å². The lowest BCUT2D eigenvalue weighted by Crippen LogP contribution is -2.31. The number of rotatable bonds is 5. The van der Waals surface area contributed by atoms with Gasteiger partial charge in [0.25, 0.3) is 0 Å². The van der Waals surface area contributed by atoms with E-state index in [0.29, 0.717) is 0 Å². The molecule has 0 unspecified atom stereocenters. The maximum atomic E-state index is 3.93. The molecule has 12 aromatic carbocycles. The monoisotopic (exact) mass is 1480 g/mol. The highest BCUT2D eigenvalue weighted by molar-refractivity contribution is 9.11. The second-order valence-electron chi connectivity index (χ2n) is 31.4. The summed E-state index contributed by atoms with van der Waals surface area (Å²) >= 11 is 11.6. The molecular weight excluding hydrogens is 1390 g/mol. The van der Waals surface area contributed by atoms with Crippen LogP contribution in [-0.4, -0.2) is 0 Å². The third-order valence-electron chi connectivity index (χ3n) is 20.8. The Morgan fingerprint density at radius 1 is 0.253 bits per heavy atom. The van der Waals surface area contributed by atoms with E-state index in [4.69, 9.17) is 0 Å². The first kappa shape index (κ1) is 67.5. The Bertz CT molecular complexity index is 4840. The highest BCUT2D eigenvalue weighted by Crippen LogP contribution is 2.62. The van der Waals surface area contributed by atoms with E-state index in [1.54, 1.807) is 0 Å². The minimum absolute atomic E-state index is 0.00103. The van der Waals surface area contributed by atoms with Gasteiger partial charge in [0.05, 0.1) is 10.8 Å². The Kier molecular flexibility index (Phi) is 17.8. The molecule has 99 heavy (non-hydrogen) atoms. The highest BCUT2D eigenvalue weighted by atomic mass is 79.9. The van der Waals surface area contributed by atoms with Crippen molar-refractivity contribution in [3.8, 4) is 22.3 Å². The topological polar surface area (TPSA) is 12.0 Å². The average Bonchev–Trinajstić information content (AvgIpc) is 1.54. The SMILES string of the molecule is CC(C)(C)c1ccc2c(c1)C1(c3cc(Br)ccc3C=Cc3ccc(Br)cc31)c1cc(C(C)(C)C)ccc1-2.CC(C)(C)c1ccc2c(c1)C1(c3cc(Br)ccc3C=Cc3ccc(C(c4ccccc4)c4ccccc4)cc31)c1cc(C(C)(C)C)ccc1-2.c1ccc(Nc2ccccc2)cc1. The molecule has 1 nitrogen and oxygen atoms in total. The molecule has 1 N–H and O–H groups in total. The molecule has 0 radical (unpaired) electrons. The molecule has 0 saturated carbocycles. The van der Waals surface area contributed by atoms with Crippen molar-refractivity contribution in [2.75, 3.05) is 5.32 Å². The van der Waals surface area contributed by atoms with E-state index in [-0.39, 0.29) is 27.6 Å². The fourth-order valence-electron chi connectivity index (χ4n) is 15.6. The first-order valence-electron chi connectivity index (χ1n) is 34.8. The first-order chi connectivity index (χ1) is 47.3. The molecule has 0 aromatic heterocycles. The highest BCUT2D eigenvalue weighted by Gasteiger charge is 2.52. The molecule has 492 valence electrons. The summed E-state index contributed by atoms with van der Waals surface area (Å²) in [6.07, 6.45) is 9.27. The van der Waals surface area contributed by atoms with Crippen LogP contribution in [0.15, 0.2) is 280 Å². The fourth-order valence-corrected chi connectivity index (χ4v) is 16.7. The van der Waals surface area contributed by atoms with E-state index in [1.165, 1.54) is 128 Å². The van der Waals surface area contributed by atoms with Crippen LogP contribution in [-0.2, 0) is 32.5 Å². The zero-order chi connectivity index (χ0) is 69.4. The van der Waals surface area contributed by atoms with Crippen molar-refractivity contribution < 1.29 is 0 Å². The summed E-state index contributed by atoms with van der Waals surface area (Å²) in [5, 5.41) is 3.30. The van der Waals surface area contributed by atoms with Crippen molar-refractivity contribution in [1.29, 1.82) is 0 Å². The van der Waals surface area contributed by atoms with Crippen LogP contribution in [0.4, 0.5) is 11.4 Å². The smallest absolute Gasteiger partial charge is 0.0726 e. The van der Waals surface area contributed by atoms with Crippen LogP contribution in [0.3, 0.4) is 0 Å². The number of para-hydroxylation sites is 2. The van der Waals surface area contributed by atoms with Crippen LogP contribution < -0.4 is 5.32 Å². The van der Waals surface area contributed by atoms with Gasteiger partial charge in [-0.2, -0.15) is 0 Å². The normalized spacial score (nSPS) is 14.0. The van der Waals surface area contributed by atoms with Gasteiger partial charge in [-0.25, -0.2) is 0 Å². The largest absolute Gasteiger partial charge is 0.356 e. The number of hydrogen-bond acceptors (Lipinski definition) is 1. The van der Waals surface area contributed by atoms with Crippen molar-refractivity contribution in [1.82, 2.24) is 0 Å². The molecule has 16 rings (SSSR count). The van der Waals surface area contributed by atoms with E-state index >= 15 is 0 Å². The third kappa shape index (κ3) is 12.5. The predicted octanol–water partition coefficient (Wildman–Crippen LogP) is 27.2. The predicted molar refractivity (Wildman–Crippen MR) is 433 cm³/mol. The molecule has 0 atom stereocenters. The van der Waals surface area contributed by atoms with Crippen molar-refractivity contribution in [3.05, 3.63) is 386 Å². The van der Waals surface area contributed by atoms with Crippen LogP contribution in [0.5, 0.6) is 0 Å². The molecular formula is C95H86Br3N. The molecule has 0 amide bonds. The number of halogens is 3. The first-order valence-corrected chi connectivity index (χ1v) is 37.2. The summed E-state index contributed by atoms with van der Waals surface area (Å²) < 4.78 is 3.30. The Morgan fingerprint density at radius 2 is 0.515 bits per heavy atom. The van der Waals surface area contributed by atoms with Gasteiger partial charge < -0.3 is 5.32 Å². The molecule has 4 aliphatic rings. The van der Waals surface area contributed by atoms with E-state index in [0.717, 1.165) is 24.8 Å². The van der Waals surface area contributed by atoms with Crippen molar-refractivity contribution >= 4 is 83.5 Å². The zero-order valence-electron chi connectivity index (χ0n) is 58.9. The molecule has 4 heteroatoms. The Labute approximate surface area is 613 Å². The van der Waals surface area contributed by atoms with E-state index in [2.05, 4.69) is 367 Å². The maximum Gasteiger partial charge on any atom is 0.0726 e. The van der Waals surface area contributed by atoms with Crippen LogP contribution in [0.1, 0.15) is 195 Å². The maximum absolute atomic E-state index is 3.93. The van der Waals surface area contributed by atoms with Crippen molar-refractivity contribution in [3.63, 3.8) is 0 Å². The number of anilines is 2. The standard InChI is InChI=1S/C48H43Br.C35H32Br2.C12H11N/c1-46(2,3)36-22-25-39-40-26-23-37(47(4,5)6)29-44(40)48(43(39)28-36)41-27-35(20-19-31(41)17-18-32-21-24-38(49)30-42(32)48)45(33-13-9-7-10-14-33)34-15-11-8-12-16-34;1-33(2,3)23-11-15-27-28-16-12-24(34(4,5)6)18-32(28)35(31(27)17-23)29-19-25(36)13-9-21(29)7-8-22-10-14-26(37)20-30(22)35;1-3-7-11(8-4-1)13-12-9-5-2-6-10-12/h7-30,45H,1-6H3;7-20H,1-6H3;1-10,13H. The number of nitrogens with one attached hydrogen (secondary N) is 1. The van der Waals surface area contributed by atoms with Crippen molar-refractivity contribution in [2.45, 2.75) is 121 Å². The van der Waals surface area contributed by atoms with E-state index in [1.807, 2.05) is 60.7 Å². The quantitative estimate of drug-likeness (QED) is 0.169. The summed E-state index contributed by atoms with van der Waals surface area (Å²) in [6, 6.07) is 98.9. The van der Waals surface area contributed by atoms with Crippen LogP contribution in [0, 0.1) is 0 Å². The summed E-state index contributed by atoms with van der Waals surface area (Å²) in [7, 11) is 0. The Balaban J connectivity index is 0.000000146. The lowest BCUT2D eigenvalue weighted by atomic mass is 9.64. The molecule has 0 fully saturated rings. The van der Waals surface area contributed by atoms with E-state index < -0.39 is 10.8 Å². The minimum atomic E-state index is -0.529. The fraction of sp³-hybridized carbons (Fsp3) is 0.200. The third-order valence-corrected chi connectivity index (χ3v) is 22.3. The molecule has 0 bridgehead atoms. The molecule has 0 saturated heterocycles. The summed E-state index contributed by atoms with van der Waals surface area (Å²) in [6.45, 7) is 27.8. The Hall–Kier alpha value is -8.64. The molecule has 12 aromatic rings. The van der Waals surface area contributed by atoms with Gasteiger partial charge in [-0.05, 0) is 210 Å². The van der Waals surface area contributed by atoms with Crippen molar-refractivity contribution in [2.24, 2.45) is 0 Å². The molecule has 2 spiro atoms. The van der Waals surface area contributed by atoms with Gasteiger partial charge in [-0.1, -0.05) is 361 Å². The van der Waals surface area contributed by atoms with Gasteiger partial charge in [0.15, 0.2) is 0 Å². The number of hydrogen-bond donors (Lipinski definition) is 1. The van der Waals surface area contributed by atoms with Gasteiger partial charge in [-0.15, -0.1) is 0 Å².